The van der Waals surface area contributed by atoms with E-state index in [2.05, 4.69) is 24.1 Å². The molecule has 6 nitrogen and oxygen atoms in total. The van der Waals surface area contributed by atoms with Crippen molar-refractivity contribution in [1.29, 1.82) is 0 Å². The van der Waals surface area contributed by atoms with Gasteiger partial charge < -0.3 is 16.0 Å². The van der Waals surface area contributed by atoms with Gasteiger partial charge in [-0.05, 0) is 48.6 Å². The van der Waals surface area contributed by atoms with Gasteiger partial charge in [0.05, 0.1) is 0 Å². The predicted octanol–water partition coefficient (Wildman–Crippen LogP) is 4.23. The number of benzene rings is 1. The Labute approximate surface area is 185 Å². The van der Waals surface area contributed by atoms with Crippen molar-refractivity contribution < 1.29 is 9.59 Å². The number of nitrogens with one attached hydrogen (secondary N) is 1. The van der Waals surface area contributed by atoms with Gasteiger partial charge >= 0.3 is 0 Å². The molecule has 1 saturated carbocycles. The van der Waals surface area contributed by atoms with Crippen molar-refractivity contribution in [2.75, 3.05) is 18.4 Å². The molecule has 6 heteroatoms. The Morgan fingerprint density at radius 3 is 2.45 bits per heavy atom. The van der Waals surface area contributed by atoms with Crippen LogP contribution in [0.3, 0.4) is 0 Å². The SMILES string of the molecule is CC(C)(CN)CN(Cc1ccccc1NC(=O)c1ccncc1)C(=O)C1CCCCC1. The van der Waals surface area contributed by atoms with Gasteiger partial charge in [-0.25, -0.2) is 0 Å². The third kappa shape index (κ3) is 6.37. The van der Waals surface area contributed by atoms with Crippen LogP contribution in [0.15, 0.2) is 48.8 Å². The molecule has 0 radical (unpaired) electrons. The summed E-state index contributed by atoms with van der Waals surface area (Å²) >= 11 is 0. The smallest absolute Gasteiger partial charge is 0.255 e. The van der Waals surface area contributed by atoms with E-state index in [9.17, 15) is 9.59 Å². The van der Waals surface area contributed by atoms with Gasteiger partial charge in [-0.2, -0.15) is 0 Å². The van der Waals surface area contributed by atoms with Gasteiger partial charge in [0.2, 0.25) is 5.91 Å². The summed E-state index contributed by atoms with van der Waals surface area (Å²) in [6.07, 6.45) is 8.55. The molecule has 3 rings (SSSR count). The monoisotopic (exact) mass is 422 g/mol. The van der Waals surface area contributed by atoms with Crippen LogP contribution in [-0.2, 0) is 11.3 Å². The van der Waals surface area contributed by atoms with Gasteiger partial charge in [-0.3, -0.25) is 14.6 Å². The van der Waals surface area contributed by atoms with E-state index in [-0.39, 0.29) is 23.1 Å². The molecular formula is C25H34N4O2. The minimum absolute atomic E-state index is 0.0842. The van der Waals surface area contributed by atoms with Crippen molar-refractivity contribution in [3.8, 4) is 0 Å². The number of anilines is 1. The normalized spacial score (nSPS) is 14.8. The molecular weight excluding hydrogens is 388 g/mol. The number of nitrogens with two attached hydrogens (primary N) is 1. The van der Waals surface area contributed by atoms with Crippen molar-refractivity contribution in [3.63, 3.8) is 0 Å². The molecule has 1 aromatic heterocycles. The molecule has 166 valence electrons. The van der Waals surface area contributed by atoms with Crippen molar-refractivity contribution in [2.24, 2.45) is 17.1 Å². The number of carbonyl (C=O) groups is 2. The highest BCUT2D eigenvalue weighted by Gasteiger charge is 2.30. The maximum Gasteiger partial charge on any atom is 0.255 e. The molecule has 1 aliphatic rings. The van der Waals surface area contributed by atoms with Crippen LogP contribution >= 0.6 is 0 Å². The number of aromatic nitrogens is 1. The number of pyridine rings is 1. The highest BCUT2D eigenvalue weighted by Crippen LogP contribution is 2.29. The zero-order chi connectivity index (χ0) is 22.3. The largest absolute Gasteiger partial charge is 0.337 e. The lowest BCUT2D eigenvalue weighted by molar-refractivity contribution is -0.138. The van der Waals surface area contributed by atoms with E-state index in [4.69, 9.17) is 5.73 Å². The highest BCUT2D eigenvalue weighted by molar-refractivity contribution is 6.04. The third-order valence-corrected chi connectivity index (χ3v) is 6.01. The fourth-order valence-electron chi connectivity index (χ4n) is 4.08. The summed E-state index contributed by atoms with van der Waals surface area (Å²) in [6, 6.07) is 11.0. The Hall–Kier alpha value is -2.73. The Morgan fingerprint density at radius 2 is 1.77 bits per heavy atom. The average molecular weight is 423 g/mol. The van der Waals surface area contributed by atoms with Crippen LogP contribution in [0.1, 0.15) is 61.9 Å². The topological polar surface area (TPSA) is 88.3 Å². The van der Waals surface area contributed by atoms with Crippen LogP contribution in [0.5, 0.6) is 0 Å². The summed E-state index contributed by atoms with van der Waals surface area (Å²) in [5.41, 5.74) is 7.99. The van der Waals surface area contributed by atoms with Crippen LogP contribution in [-0.4, -0.2) is 34.8 Å². The summed E-state index contributed by atoms with van der Waals surface area (Å²) in [7, 11) is 0. The van der Waals surface area contributed by atoms with Gasteiger partial charge in [0.25, 0.3) is 5.91 Å². The van der Waals surface area contributed by atoms with Gasteiger partial charge in [0, 0.05) is 42.7 Å². The number of hydrogen-bond donors (Lipinski definition) is 2. The van der Waals surface area contributed by atoms with Crippen molar-refractivity contribution in [2.45, 2.75) is 52.5 Å². The minimum Gasteiger partial charge on any atom is -0.337 e. The molecule has 1 heterocycles. The molecule has 0 unspecified atom stereocenters. The van der Waals surface area contributed by atoms with Gasteiger partial charge in [0.1, 0.15) is 0 Å². The first-order chi connectivity index (χ1) is 14.9. The van der Waals surface area contributed by atoms with E-state index in [0.717, 1.165) is 36.9 Å². The summed E-state index contributed by atoms with van der Waals surface area (Å²) in [5.74, 6) is 0.0969. The molecule has 3 N–H and O–H groups in total. The molecule has 31 heavy (non-hydrogen) atoms. The molecule has 2 aromatic rings. The van der Waals surface area contributed by atoms with E-state index in [1.54, 1.807) is 24.5 Å². The molecule has 0 atom stereocenters. The second-order valence-electron chi connectivity index (χ2n) is 9.24. The van der Waals surface area contributed by atoms with Gasteiger partial charge in [-0.15, -0.1) is 0 Å². The Kier molecular flexibility index (Phi) is 7.80. The van der Waals surface area contributed by atoms with Crippen LogP contribution in [0, 0.1) is 11.3 Å². The van der Waals surface area contributed by atoms with Gasteiger partial charge in [0.15, 0.2) is 0 Å². The number of carbonyl (C=O) groups excluding carboxylic acids is 2. The maximum absolute atomic E-state index is 13.4. The Bertz CT molecular complexity index is 876. The summed E-state index contributed by atoms with van der Waals surface area (Å²) in [4.78, 5) is 32.0. The van der Waals surface area contributed by atoms with Crippen LogP contribution in [0.4, 0.5) is 5.69 Å². The first-order valence-electron chi connectivity index (χ1n) is 11.2. The summed E-state index contributed by atoms with van der Waals surface area (Å²) in [5, 5.41) is 3.00. The molecule has 0 saturated heterocycles. The zero-order valence-electron chi connectivity index (χ0n) is 18.6. The lowest BCUT2D eigenvalue weighted by Gasteiger charge is -2.35. The van der Waals surface area contributed by atoms with Crippen molar-refractivity contribution in [1.82, 2.24) is 9.88 Å². The number of nitrogens with zero attached hydrogens (tertiary/aromatic N) is 2. The molecule has 0 aliphatic heterocycles. The maximum atomic E-state index is 13.4. The lowest BCUT2D eigenvalue weighted by Crippen LogP contribution is -2.44. The predicted molar refractivity (Wildman–Crippen MR) is 123 cm³/mol. The van der Waals surface area contributed by atoms with Crippen LogP contribution in [0.25, 0.3) is 0 Å². The number of hydrogen-bond acceptors (Lipinski definition) is 4. The van der Waals surface area contributed by atoms with E-state index in [0.29, 0.717) is 25.2 Å². The molecule has 2 amide bonds. The number of rotatable bonds is 8. The quantitative estimate of drug-likeness (QED) is 0.666. The summed E-state index contributed by atoms with van der Waals surface area (Å²) in [6.45, 7) is 5.72. The first kappa shape index (κ1) is 22.9. The minimum atomic E-state index is -0.192. The van der Waals surface area contributed by atoms with E-state index in [1.165, 1.54) is 6.42 Å². The zero-order valence-corrected chi connectivity index (χ0v) is 18.6. The average Bonchev–Trinajstić information content (AvgIpc) is 2.80. The second kappa shape index (κ2) is 10.5. The van der Waals surface area contributed by atoms with E-state index >= 15 is 0 Å². The number of amides is 2. The lowest BCUT2D eigenvalue weighted by atomic mass is 9.86. The fraction of sp³-hybridized carbons (Fsp3) is 0.480. The highest BCUT2D eigenvalue weighted by atomic mass is 16.2. The molecule has 1 fully saturated rings. The number of para-hydroxylation sites is 1. The first-order valence-corrected chi connectivity index (χ1v) is 11.2. The standard InChI is InChI=1S/C25H34N4O2/c1-25(2,17-26)18-29(24(31)20-8-4-3-5-9-20)16-21-10-6-7-11-22(21)28-23(30)19-12-14-27-15-13-19/h6-7,10-15,20H,3-5,8-9,16-18,26H2,1-2H3,(H,28,30). The van der Waals surface area contributed by atoms with E-state index < -0.39 is 0 Å². The van der Waals surface area contributed by atoms with Crippen molar-refractivity contribution >= 4 is 17.5 Å². The third-order valence-electron chi connectivity index (χ3n) is 6.01. The second-order valence-corrected chi connectivity index (χ2v) is 9.24. The van der Waals surface area contributed by atoms with Gasteiger partial charge in [-0.1, -0.05) is 51.3 Å². The molecule has 1 aliphatic carbocycles. The molecule has 0 bridgehead atoms. The van der Waals surface area contributed by atoms with Crippen molar-refractivity contribution in [3.05, 3.63) is 59.9 Å². The molecule has 0 spiro atoms. The molecule has 1 aromatic carbocycles. The summed E-state index contributed by atoms with van der Waals surface area (Å²) < 4.78 is 0. The van der Waals surface area contributed by atoms with Crippen LogP contribution < -0.4 is 11.1 Å². The van der Waals surface area contributed by atoms with E-state index in [1.807, 2.05) is 29.2 Å². The van der Waals surface area contributed by atoms with Crippen LogP contribution in [0.2, 0.25) is 0 Å². The fourth-order valence-corrected chi connectivity index (χ4v) is 4.08. The Balaban J connectivity index is 1.81. The Morgan fingerprint density at radius 1 is 1.10 bits per heavy atom.